The summed E-state index contributed by atoms with van der Waals surface area (Å²) in [6.07, 6.45) is 57.8. The van der Waals surface area contributed by atoms with Crippen molar-refractivity contribution in [3.63, 3.8) is 0 Å². The van der Waals surface area contributed by atoms with E-state index in [1.807, 2.05) is 0 Å². The molecule has 0 aromatic rings. The first-order valence-corrected chi connectivity index (χ1v) is 26.8. The Kier molecular flexibility index (Phi) is 12.5. The van der Waals surface area contributed by atoms with Gasteiger partial charge in [-0.25, -0.2) is 0 Å². The summed E-state index contributed by atoms with van der Waals surface area (Å²) in [7, 11) is 0. The van der Waals surface area contributed by atoms with Crippen LogP contribution in [0.1, 0.15) is 231 Å². The number of fused-ring (bicyclic) bond motifs is 4. The van der Waals surface area contributed by atoms with Gasteiger partial charge in [-0.2, -0.15) is 0 Å². The summed E-state index contributed by atoms with van der Waals surface area (Å²) in [4.78, 5) is 0. The van der Waals surface area contributed by atoms with Crippen molar-refractivity contribution in [2.45, 2.75) is 231 Å². The van der Waals surface area contributed by atoms with Gasteiger partial charge in [0, 0.05) is 0 Å². The fraction of sp³-hybridized carbons (Fsp3) is 1.00. The van der Waals surface area contributed by atoms with Gasteiger partial charge in [0.2, 0.25) is 0 Å². The lowest BCUT2D eigenvalue weighted by Gasteiger charge is -2.51. The van der Waals surface area contributed by atoms with Crippen LogP contribution in [0.15, 0.2) is 0 Å². The van der Waals surface area contributed by atoms with Crippen molar-refractivity contribution >= 4 is 0 Å². The summed E-state index contributed by atoms with van der Waals surface area (Å²) in [5, 5.41) is 0. The third kappa shape index (κ3) is 7.88. The van der Waals surface area contributed by atoms with Crippen LogP contribution in [-0.2, 0) is 0 Å². The van der Waals surface area contributed by atoms with Crippen molar-refractivity contribution in [2.24, 2.45) is 107 Å². The Hall–Kier alpha value is 0. The van der Waals surface area contributed by atoms with Gasteiger partial charge in [0.25, 0.3) is 0 Å². The number of hydrogen-bond donors (Lipinski definition) is 0. The Morgan fingerprint density at radius 1 is 0.222 bits per heavy atom. The van der Waals surface area contributed by atoms with Crippen LogP contribution in [0.3, 0.4) is 0 Å². The Balaban J connectivity index is 0.780. The first-order chi connectivity index (χ1) is 26.8. The quantitative estimate of drug-likeness (QED) is 0.244. The van der Waals surface area contributed by atoms with Gasteiger partial charge in [-0.1, -0.05) is 128 Å². The van der Waals surface area contributed by atoms with E-state index in [0.29, 0.717) is 0 Å². The maximum Gasteiger partial charge on any atom is -0.0323 e. The molecule has 0 aromatic heterocycles. The third-order valence-electron chi connectivity index (χ3n) is 21.9. The van der Waals surface area contributed by atoms with E-state index < -0.39 is 0 Å². The minimum absolute atomic E-state index is 1.10. The van der Waals surface area contributed by atoms with Gasteiger partial charge in [0.1, 0.15) is 0 Å². The van der Waals surface area contributed by atoms with Gasteiger partial charge >= 0.3 is 0 Å². The molecule has 306 valence electrons. The molecule has 10 aliphatic rings. The standard InChI is InChI=1S/C54H90/c1-4-13-37(14-5-1)45-31-33-49-51(35-45)52-36-46(38-15-6-2-7-16-38)32-34-50(52)54(49)44-29-25-40(26-30-44)39-23-27-43(28-24-39)53(42-18-8-3-9-19-42)48-22-12-20-41-17-10-11-21-47(41)48/h37-54H,1-36H2. The van der Waals surface area contributed by atoms with Crippen LogP contribution in [0.4, 0.5) is 0 Å². The first kappa shape index (κ1) is 38.2. The predicted molar refractivity (Wildman–Crippen MR) is 229 cm³/mol. The molecule has 10 aliphatic carbocycles. The molecule has 0 spiro atoms. The van der Waals surface area contributed by atoms with E-state index in [0.717, 1.165) is 107 Å². The molecule has 0 bridgehead atoms. The van der Waals surface area contributed by atoms with Crippen molar-refractivity contribution in [3.8, 4) is 0 Å². The molecule has 0 radical (unpaired) electrons. The summed E-state index contributed by atoms with van der Waals surface area (Å²) in [6, 6.07) is 0. The van der Waals surface area contributed by atoms with Crippen LogP contribution in [0, 0.1) is 107 Å². The summed E-state index contributed by atoms with van der Waals surface area (Å²) in [5.41, 5.74) is 0. The highest BCUT2D eigenvalue weighted by atomic mass is 14.6. The van der Waals surface area contributed by atoms with Crippen molar-refractivity contribution in [1.82, 2.24) is 0 Å². The van der Waals surface area contributed by atoms with Crippen molar-refractivity contribution in [1.29, 1.82) is 0 Å². The molecule has 0 nitrogen and oxygen atoms in total. The SMILES string of the molecule is C1CCC(C2CCC3C(C2)C2CC(C4CCCCC4)CCC2C3C2CCC(C3CCC(C(C4CCCCC4)C4CCCC5CCCCC54)CC3)CC2)CC1. The Morgan fingerprint density at radius 2 is 0.630 bits per heavy atom. The summed E-state index contributed by atoms with van der Waals surface area (Å²) < 4.78 is 0. The van der Waals surface area contributed by atoms with E-state index in [4.69, 9.17) is 0 Å². The van der Waals surface area contributed by atoms with E-state index >= 15 is 0 Å². The molecule has 0 heteroatoms. The largest absolute Gasteiger partial charge is 0.0533 e. The van der Waals surface area contributed by atoms with Crippen molar-refractivity contribution in [3.05, 3.63) is 0 Å². The monoisotopic (exact) mass is 739 g/mol. The van der Waals surface area contributed by atoms with E-state index in [9.17, 15) is 0 Å². The van der Waals surface area contributed by atoms with Crippen LogP contribution < -0.4 is 0 Å². The number of rotatable bonds is 7. The minimum atomic E-state index is 1.10. The zero-order valence-corrected chi connectivity index (χ0v) is 35.8. The predicted octanol–water partition coefficient (Wildman–Crippen LogP) is 16.3. The molecule has 10 saturated carbocycles. The molecule has 54 heavy (non-hydrogen) atoms. The molecule has 0 saturated heterocycles. The lowest BCUT2D eigenvalue weighted by atomic mass is 9.54. The van der Waals surface area contributed by atoms with E-state index in [2.05, 4.69) is 0 Å². The Labute approximate surface area is 336 Å². The second-order valence-electron chi connectivity index (χ2n) is 23.8. The van der Waals surface area contributed by atoms with Gasteiger partial charge in [0.15, 0.2) is 0 Å². The zero-order chi connectivity index (χ0) is 35.8. The van der Waals surface area contributed by atoms with Gasteiger partial charge in [-0.3, -0.25) is 0 Å². The maximum absolute atomic E-state index is 1.69. The minimum Gasteiger partial charge on any atom is -0.0533 e. The summed E-state index contributed by atoms with van der Waals surface area (Å²) >= 11 is 0. The Bertz CT molecular complexity index is 1090. The normalized spacial score (nSPS) is 48.0. The van der Waals surface area contributed by atoms with Gasteiger partial charge in [-0.05, 0) is 209 Å². The molecule has 0 amide bonds. The lowest BCUT2D eigenvalue weighted by Crippen LogP contribution is -2.42. The van der Waals surface area contributed by atoms with E-state index in [-0.39, 0.29) is 0 Å². The second kappa shape index (κ2) is 17.7. The highest BCUT2D eigenvalue weighted by Gasteiger charge is 2.57. The molecule has 0 aliphatic heterocycles. The average Bonchev–Trinajstić information content (AvgIpc) is 3.58. The van der Waals surface area contributed by atoms with E-state index in [1.165, 1.54) is 12.8 Å². The molecule has 0 aromatic carbocycles. The van der Waals surface area contributed by atoms with Gasteiger partial charge < -0.3 is 0 Å². The highest BCUT2D eigenvalue weighted by Crippen LogP contribution is 2.65. The zero-order valence-electron chi connectivity index (χ0n) is 35.8. The van der Waals surface area contributed by atoms with Crippen LogP contribution in [-0.4, -0.2) is 0 Å². The smallest absolute Gasteiger partial charge is 0.0323 e. The summed E-state index contributed by atoms with van der Waals surface area (Å²) in [6.45, 7) is 0. The fourth-order valence-corrected chi connectivity index (χ4v) is 19.6. The topological polar surface area (TPSA) is 0 Å². The highest BCUT2D eigenvalue weighted by molar-refractivity contribution is 5.06. The van der Waals surface area contributed by atoms with E-state index in [1.54, 1.807) is 218 Å². The lowest BCUT2D eigenvalue weighted by molar-refractivity contribution is -0.0142. The average molecular weight is 739 g/mol. The van der Waals surface area contributed by atoms with Crippen LogP contribution in [0.2, 0.25) is 0 Å². The molecule has 10 fully saturated rings. The molecule has 10 unspecified atom stereocenters. The van der Waals surface area contributed by atoms with Crippen LogP contribution in [0.25, 0.3) is 0 Å². The third-order valence-corrected chi connectivity index (χ3v) is 21.9. The van der Waals surface area contributed by atoms with Crippen molar-refractivity contribution < 1.29 is 0 Å². The van der Waals surface area contributed by atoms with Gasteiger partial charge in [-0.15, -0.1) is 0 Å². The molecule has 0 heterocycles. The molecule has 10 atom stereocenters. The van der Waals surface area contributed by atoms with Crippen LogP contribution in [0.5, 0.6) is 0 Å². The maximum atomic E-state index is 1.69. The Morgan fingerprint density at radius 3 is 1.22 bits per heavy atom. The fourth-order valence-electron chi connectivity index (χ4n) is 19.6. The molecule has 0 N–H and O–H groups in total. The van der Waals surface area contributed by atoms with Crippen LogP contribution >= 0.6 is 0 Å². The molecule has 10 rings (SSSR count). The molecular formula is C54H90. The van der Waals surface area contributed by atoms with Crippen molar-refractivity contribution in [2.75, 3.05) is 0 Å². The summed E-state index contributed by atoms with van der Waals surface area (Å²) in [5.74, 6) is 20.2. The second-order valence-corrected chi connectivity index (χ2v) is 23.8. The van der Waals surface area contributed by atoms with Gasteiger partial charge in [0.05, 0.1) is 0 Å². The molecular weight excluding hydrogens is 649 g/mol. The number of hydrogen-bond acceptors (Lipinski definition) is 0. The first-order valence-electron chi connectivity index (χ1n) is 26.8.